The third-order valence-corrected chi connectivity index (χ3v) is 4.36. The van der Waals surface area contributed by atoms with Crippen LogP contribution in [0.1, 0.15) is 4.88 Å². The molecule has 8 heteroatoms. The summed E-state index contributed by atoms with van der Waals surface area (Å²) in [7, 11) is 0. The van der Waals surface area contributed by atoms with Crippen molar-refractivity contribution >= 4 is 51.6 Å². The second kappa shape index (κ2) is 7.54. The zero-order valence-corrected chi connectivity index (χ0v) is 14.2. The smallest absolute Gasteiger partial charge is 0.405 e. The van der Waals surface area contributed by atoms with E-state index in [1.807, 2.05) is 34.0 Å². The Morgan fingerprint density at radius 3 is 2.73 bits per heavy atom. The van der Waals surface area contributed by atoms with Gasteiger partial charge in [-0.3, -0.25) is 4.79 Å². The van der Waals surface area contributed by atoms with Gasteiger partial charge in [0.05, 0.1) is 5.69 Å². The summed E-state index contributed by atoms with van der Waals surface area (Å²) in [6.45, 7) is 0. The molecule has 0 aliphatic heterocycles. The largest absolute Gasteiger partial charge is 0.465 e. The predicted molar refractivity (Wildman–Crippen MR) is 90.7 cm³/mol. The van der Waals surface area contributed by atoms with Crippen LogP contribution in [0.25, 0.3) is 0 Å². The molecule has 0 spiro atoms. The topological polar surface area (TPSA) is 78.4 Å². The second-order valence-corrected chi connectivity index (χ2v) is 6.68. The number of nitrogens with one attached hydrogen (secondary N) is 2. The minimum atomic E-state index is -1.31. The van der Waals surface area contributed by atoms with Crippen molar-refractivity contribution in [2.75, 3.05) is 5.32 Å². The monoisotopic (exact) mass is 434 g/mol. The number of carboxylic acid groups (broad SMARTS) is 1. The van der Waals surface area contributed by atoms with E-state index in [2.05, 4.69) is 10.6 Å². The number of carbonyl (C=O) groups excluding carboxylic acids is 1. The molecular formula is C14H12FIN2O3S. The summed E-state index contributed by atoms with van der Waals surface area (Å²) in [6.07, 6.45) is -1.10. The van der Waals surface area contributed by atoms with Gasteiger partial charge < -0.3 is 15.7 Å². The van der Waals surface area contributed by atoms with Gasteiger partial charge in [-0.25, -0.2) is 9.18 Å². The number of thiophene rings is 1. The molecule has 0 bridgehead atoms. The minimum absolute atomic E-state index is 0.0220. The van der Waals surface area contributed by atoms with Crippen molar-refractivity contribution in [3.8, 4) is 0 Å². The van der Waals surface area contributed by atoms with Gasteiger partial charge in [0.25, 0.3) is 0 Å². The summed E-state index contributed by atoms with van der Waals surface area (Å²) in [6, 6.07) is 7.01. The zero-order valence-electron chi connectivity index (χ0n) is 11.2. The zero-order chi connectivity index (χ0) is 16.1. The van der Waals surface area contributed by atoms with Crippen LogP contribution in [0.3, 0.4) is 0 Å². The SMILES string of the molecule is O=C(O)N[C@@H](Cc1cccs1)C(=O)Nc1ccc(I)cc1F. The van der Waals surface area contributed by atoms with Crippen LogP contribution in [0.4, 0.5) is 14.9 Å². The highest BCUT2D eigenvalue weighted by Crippen LogP contribution is 2.18. The minimum Gasteiger partial charge on any atom is -0.465 e. The first-order valence-corrected chi connectivity index (χ1v) is 8.19. The molecule has 2 aromatic rings. The van der Waals surface area contributed by atoms with Gasteiger partial charge in [-0.05, 0) is 52.2 Å². The second-order valence-electron chi connectivity index (χ2n) is 4.40. The number of anilines is 1. The van der Waals surface area contributed by atoms with Crippen LogP contribution in [0.15, 0.2) is 35.7 Å². The molecule has 2 amide bonds. The van der Waals surface area contributed by atoms with Crippen molar-refractivity contribution in [1.82, 2.24) is 5.32 Å². The van der Waals surface area contributed by atoms with Crippen LogP contribution in [-0.4, -0.2) is 23.1 Å². The molecule has 116 valence electrons. The number of benzene rings is 1. The van der Waals surface area contributed by atoms with Gasteiger partial charge >= 0.3 is 6.09 Å². The molecular weight excluding hydrogens is 422 g/mol. The molecule has 0 fully saturated rings. The van der Waals surface area contributed by atoms with Crippen LogP contribution < -0.4 is 10.6 Å². The highest BCUT2D eigenvalue weighted by atomic mass is 127. The average molecular weight is 434 g/mol. The molecule has 0 radical (unpaired) electrons. The molecule has 22 heavy (non-hydrogen) atoms. The lowest BCUT2D eigenvalue weighted by Gasteiger charge is -2.16. The van der Waals surface area contributed by atoms with E-state index in [4.69, 9.17) is 5.11 Å². The highest BCUT2D eigenvalue weighted by Gasteiger charge is 2.22. The number of amides is 2. The van der Waals surface area contributed by atoms with Crippen molar-refractivity contribution in [3.63, 3.8) is 0 Å². The lowest BCUT2D eigenvalue weighted by molar-refractivity contribution is -0.118. The Labute approximate surface area is 143 Å². The Morgan fingerprint density at radius 1 is 1.36 bits per heavy atom. The maximum absolute atomic E-state index is 13.8. The van der Waals surface area contributed by atoms with Gasteiger partial charge in [-0.1, -0.05) is 6.07 Å². The molecule has 2 rings (SSSR count). The number of hydrogen-bond donors (Lipinski definition) is 3. The van der Waals surface area contributed by atoms with Crippen LogP contribution in [0.2, 0.25) is 0 Å². The predicted octanol–water partition coefficient (Wildman–Crippen LogP) is 3.31. The number of rotatable bonds is 5. The summed E-state index contributed by atoms with van der Waals surface area (Å²) in [5.74, 6) is -1.17. The van der Waals surface area contributed by atoms with Crippen molar-refractivity contribution in [3.05, 3.63) is 50.0 Å². The van der Waals surface area contributed by atoms with E-state index in [0.717, 1.165) is 4.88 Å². The fourth-order valence-electron chi connectivity index (χ4n) is 1.80. The third-order valence-electron chi connectivity index (χ3n) is 2.79. The van der Waals surface area contributed by atoms with E-state index in [-0.39, 0.29) is 12.1 Å². The first-order chi connectivity index (χ1) is 10.5. The maximum atomic E-state index is 13.8. The summed E-state index contributed by atoms with van der Waals surface area (Å²) in [4.78, 5) is 23.9. The van der Waals surface area contributed by atoms with Crippen molar-refractivity contribution < 1.29 is 19.1 Å². The molecule has 0 unspecified atom stereocenters. The number of halogens is 2. The van der Waals surface area contributed by atoms with E-state index >= 15 is 0 Å². The van der Waals surface area contributed by atoms with Crippen LogP contribution in [0, 0.1) is 9.39 Å². The van der Waals surface area contributed by atoms with Gasteiger partial charge in [0.2, 0.25) is 5.91 Å². The molecule has 1 aromatic heterocycles. The molecule has 0 saturated heterocycles. The molecule has 1 heterocycles. The average Bonchev–Trinajstić information content (AvgIpc) is 2.93. The summed E-state index contributed by atoms with van der Waals surface area (Å²) < 4.78 is 14.5. The van der Waals surface area contributed by atoms with Crippen molar-refractivity contribution in [1.29, 1.82) is 0 Å². The van der Waals surface area contributed by atoms with Gasteiger partial charge in [-0.2, -0.15) is 0 Å². The molecule has 3 N–H and O–H groups in total. The van der Waals surface area contributed by atoms with Gasteiger partial charge in [0.1, 0.15) is 11.9 Å². The molecule has 0 aliphatic carbocycles. The summed E-state index contributed by atoms with van der Waals surface area (Å²) in [5, 5.41) is 15.3. The lowest BCUT2D eigenvalue weighted by atomic mass is 10.1. The van der Waals surface area contributed by atoms with E-state index in [1.54, 1.807) is 12.1 Å². The van der Waals surface area contributed by atoms with E-state index in [1.165, 1.54) is 23.5 Å². The summed E-state index contributed by atoms with van der Waals surface area (Å²) >= 11 is 3.38. The standard InChI is InChI=1S/C14H12FIN2O3S/c15-10-6-8(16)3-4-11(10)17-13(19)12(18-14(20)21)7-9-2-1-5-22-9/h1-6,12,18H,7H2,(H,17,19)(H,20,21)/t12-/m0/s1. The first-order valence-electron chi connectivity index (χ1n) is 6.23. The molecule has 0 aliphatic rings. The maximum Gasteiger partial charge on any atom is 0.405 e. The van der Waals surface area contributed by atoms with Gasteiger partial charge in [0, 0.05) is 14.9 Å². The van der Waals surface area contributed by atoms with E-state index in [0.29, 0.717) is 3.57 Å². The van der Waals surface area contributed by atoms with Crippen LogP contribution >= 0.6 is 33.9 Å². The Hall–Kier alpha value is -1.68. The third kappa shape index (κ3) is 4.67. The van der Waals surface area contributed by atoms with Gasteiger partial charge in [-0.15, -0.1) is 11.3 Å². The van der Waals surface area contributed by atoms with Crippen LogP contribution in [0.5, 0.6) is 0 Å². The van der Waals surface area contributed by atoms with Crippen LogP contribution in [-0.2, 0) is 11.2 Å². The molecule has 1 atom stereocenters. The Morgan fingerprint density at radius 2 is 2.14 bits per heavy atom. The molecule has 0 saturated carbocycles. The van der Waals surface area contributed by atoms with E-state index < -0.39 is 23.9 Å². The summed E-state index contributed by atoms with van der Waals surface area (Å²) in [5.41, 5.74) is 0.0220. The molecule has 1 aromatic carbocycles. The Balaban J connectivity index is 2.12. The number of carbonyl (C=O) groups is 2. The van der Waals surface area contributed by atoms with Gasteiger partial charge in [0.15, 0.2) is 0 Å². The fourth-order valence-corrected chi connectivity index (χ4v) is 3.00. The number of hydrogen-bond acceptors (Lipinski definition) is 3. The van der Waals surface area contributed by atoms with Crippen molar-refractivity contribution in [2.24, 2.45) is 0 Å². The van der Waals surface area contributed by atoms with E-state index in [9.17, 15) is 14.0 Å². The van der Waals surface area contributed by atoms with Crippen molar-refractivity contribution in [2.45, 2.75) is 12.5 Å². The highest BCUT2D eigenvalue weighted by molar-refractivity contribution is 14.1. The fraction of sp³-hybridized carbons (Fsp3) is 0.143. The quantitative estimate of drug-likeness (QED) is 0.632. The lowest BCUT2D eigenvalue weighted by Crippen LogP contribution is -2.44. The molecule has 5 nitrogen and oxygen atoms in total. The normalized spacial score (nSPS) is 11.7. The first kappa shape index (κ1) is 16.7. The Kier molecular flexibility index (Phi) is 5.72. The Bertz CT molecular complexity index is 679.